The van der Waals surface area contributed by atoms with Crippen molar-refractivity contribution in [3.63, 3.8) is 0 Å². The highest BCUT2D eigenvalue weighted by molar-refractivity contribution is 7.19. The van der Waals surface area contributed by atoms with E-state index >= 15 is 0 Å². The van der Waals surface area contributed by atoms with Crippen LogP contribution in [-0.4, -0.2) is 0 Å². The van der Waals surface area contributed by atoms with Crippen LogP contribution >= 0.6 is 22.9 Å². The Morgan fingerprint density at radius 1 is 1.15 bits per heavy atom. The van der Waals surface area contributed by atoms with Crippen molar-refractivity contribution in [2.45, 2.75) is 19.4 Å². The first kappa shape index (κ1) is 13.6. The maximum atomic E-state index is 6.35. The fraction of sp³-hybridized carbons (Fsp3) is 0.176. The molecule has 1 unspecified atom stereocenters. The Labute approximate surface area is 128 Å². The van der Waals surface area contributed by atoms with E-state index < -0.39 is 0 Å². The van der Waals surface area contributed by atoms with Crippen molar-refractivity contribution in [3.8, 4) is 0 Å². The number of rotatable bonds is 3. The highest BCUT2D eigenvalue weighted by Crippen LogP contribution is 2.31. The molecule has 0 fully saturated rings. The van der Waals surface area contributed by atoms with Crippen molar-refractivity contribution >= 4 is 33.0 Å². The molecule has 0 aliphatic carbocycles. The molecule has 3 rings (SSSR count). The summed E-state index contributed by atoms with van der Waals surface area (Å²) in [5, 5.41) is 2.07. The Bertz CT molecular complexity index is 715. The molecule has 2 N–H and O–H groups in total. The van der Waals surface area contributed by atoms with Crippen LogP contribution in [0.1, 0.15) is 22.0 Å². The molecule has 1 heterocycles. The second-order valence-electron chi connectivity index (χ2n) is 5.09. The zero-order chi connectivity index (χ0) is 14.1. The van der Waals surface area contributed by atoms with Crippen LogP contribution in [-0.2, 0) is 6.42 Å². The molecule has 0 radical (unpaired) electrons. The predicted octanol–water partition coefficient (Wildman–Crippen LogP) is 5.11. The lowest BCUT2D eigenvalue weighted by molar-refractivity contribution is 0.737. The van der Waals surface area contributed by atoms with E-state index in [4.69, 9.17) is 17.3 Å². The van der Waals surface area contributed by atoms with Crippen molar-refractivity contribution in [1.82, 2.24) is 0 Å². The Morgan fingerprint density at radius 3 is 2.70 bits per heavy atom. The van der Waals surface area contributed by atoms with Crippen LogP contribution in [0, 0.1) is 6.92 Å². The molecule has 1 atom stereocenters. The van der Waals surface area contributed by atoms with Gasteiger partial charge >= 0.3 is 0 Å². The first-order chi connectivity index (χ1) is 9.63. The van der Waals surface area contributed by atoms with Crippen LogP contribution in [0.3, 0.4) is 0 Å². The van der Waals surface area contributed by atoms with Crippen LogP contribution in [0.5, 0.6) is 0 Å². The van der Waals surface area contributed by atoms with E-state index in [1.807, 2.05) is 13.0 Å². The summed E-state index contributed by atoms with van der Waals surface area (Å²) >= 11 is 8.05. The predicted molar refractivity (Wildman–Crippen MR) is 88.6 cm³/mol. The minimum Gasteiger partial charge on any atom is -0.323 e. The largest absolute Gasteiger partial charge is 0.323 e. The van der Waals surface area contributed by atoms with Crippen LogP contribution in [0.4, 0.5) is 0 Å². The van der Waals surface area contributed by atoms with Crippen molar-refractivity contribution < 1.29 is 0 Å². The Kier molecular flexibility index (Phi) is 3.79. The third kappa shape index (κ3) is 2.73. The van der Waals surface area contributed by atoms with Gasteiger partial charge in [-0.25, -0.2) is 0 Å². The fourth-order valence-corrected chi connectivity index (χ4v) is 3.72. The summed E-state index contributed by atoms with van der Waals surface area (Å²) in [4.78, 5) is 1.21. The smallest absolute Gasteiger partial charge is 0.0441 e. The van der Waals surface area contributed by atoms with Crippen molar-refractivity contribution in [2.75, 3.05) is 0 Å². The van der Waals surface area contributed by atoms with Gasteiger partial charge in [-0.1, -0.05) is 41.9 Å². The third-order valence-electron chi connectivity index (χ3n) is 3.46. The lowest BCUT2D eigenvalue weighted by atomic mass is 10.0. The summed E-state index contributed by atoms with van der Waals surface area (Å²) in [6, 6.07) is 16.7. The molecule has 102 valence electrons. The molecule has 0 aliphatic heterocycles. The van der Waals surface area contributed by atoms with Crippen molar-refractivity contribution in [1.29, 1.82) is 0 Å². The van der Waals surface area contributed by atoms with Gasteiger partial charge in [-0.3, -0.25) is 0 Å². The molecule has 1 nitrogen and oxygen atoms in total. The topological polar surface area (TPSA) is 26.0 Å². The molecule has 0 bridgehead atoms. The number of thiophene rings is 1. The summed E-state index contributed by atoms with van der Waals surface area (Å²) in [5.41, 5.74) is 8.64. The third-order valence-corrected chi connectivity index (χ3v) is 5.06. The highest BCUT2D eigenvalue weighted by Gasteiger charge is 2.12. The van der Waals surface area contributed by atoms with Gasteiger partial charge in [-0.2, -0.15) is 0 Å². The van der Waals surface area contributed by atoms with Gasteiger partial charge in [0.1, 0.15) is 0 Å². The monoisotopic (exact) mass is 301 g/mol. The summed E-state index contributed by atoms with van der Waals surface area (Å²) in [7, 11) is 0. The second kappa shape index (κ2) is 5.57. The van der Waals surface area contributed by atoms with Crippen LogP contribution in [0.2, 0.25) is 5.02 Å². The molecule has 0 aliphatic rings. The normalized spacial score (nSPS) is 12.8. The number of benzene rings is 2. The van der Waals surface area contributed by atoms with E-state index in [0.29, 0.717) is 0 Å². The number of hydrogen-bond acceptors (Lipinski definition) is 2. The molecule has 3 heteroatoms. The molecule has 1 aromatic heterocycles. The minimum atomic E-state index is -0.00685. The number of nitrogens with two attached hydrogens (primary N) is 1. The standard InChI is InChI=1S/C17H16ClNS/c1-11-6-7-12(14(18)8-11)9-15(19)17-10-13-4-2-3-5-16(13)20-17/h2-8,10,15H,9,19H2,1H3. The SMILES string of the molecule is Cc1ccc(CC(N)c2cc3ccccc3s2)c(Cl)c1. The molecular weight excluding hydrogens is 286 g/mol. The summed E-state index contributed by atoms with van der Waals surface area (Å²) in [6.07, 6.45) is 0.770. The lowest BCUT2D eigenvalue weighted by Crippen LogP contribution is -2.12. The summed E-state index contributed by atoms with van der Waals surface area (Å²) in [6.45, 7) is 2.04. The highest BCUT2D eigenvalue weighted by atomic mass is 35.5. The molecule has 20 heavy (non-hydrogen) atoms. The van der Waals surface area contributed by atoms with Gasteiger partial charge in [-0.15, -0.1) is 11.3 Å². The fourth-order valence-electron chi connectivity index (χ4n) is 2.34. The molecule has 0 saturated heterocycles. The summed E-state index contributed by atoms with van der Waals surface area (Å²) < 4.78 is 1.29. The first-order valence-electron chi connectivity index (χ1n) is 6.62. The van der Waals surface area contributed by atoms with E-state index in [1.165, 1.54) is 20.5 Å². The maximum Gasteiger partial charge on any atom is 0.0441 e. The Morgan fingerprint density at radius 2 is 1.95 bits per heavy atom. The quantitative estimate of drug-likeness (QED) is 0.715. The average Bonchev–Trinajstić information content (AvgIpc) is 2.86. The Balaban J connectivity index is 1.86. The maximum absolute atomic E-state index is 6.35. The van der Waals surface area contributed by atoms with Gasteiger partial charge in [0.15, 0.2) is 0 Å². The van der Waals surface area contributed by atoms with Crippen molar-refractivity contribution in [2.24, 2.45) is 5.73 Å². The minimum absolute atomic E-state index is 0.00685. The van der Waals surface area contributed by atoms with Crippen LogP contribution in [0.15, 0.2) is 48.5 Å². The zero-order valence-electron chi connectivity index (χ0n) is 11.3. The van der Waals surface area contributed by atoms with E-state index in [2.05, 4.69) is 42.5 Å². The van der Waals surface area contributed by atoms with E-state index in [-0.39, 0.29) is 6.04 Å². The van der Waals surface area contributed by atoms with Gasteiger partial charge in [0, 0.05) is 20.6 Å². The molecular formula is C17H16ClNS. The first-order valence-corrected chi connectivity index (χ1v) is 7.82. The number of fused-ring (bicyclic) bond motifs is 1. The average molecular weight is 302 g/mol. The molecule has 0 spiro atoms. The van der Waals surface area contributed by atoms with Crippen LogP contribution in [0.25, 0.3) is 10.1 Å². The van der Waals surface area contributed by atoms with Crippen LogP contribution < -0.4 is 5.73 Å². The molecule has 0 amide bonds. The van der Waals surface area contributed by atoms with Crippen molar-refractivity contribution in [3.05, 3.63) is 69.6 Å². The molecule has 0 saturated carbocycles. The van der Waals surface area contributed by atoms with Gasteiger partial charge in [-0.05, 0) is 48.1 Å². The summed E-state index contributed by atoms with van der Waals surface area (Å²) in [5.74, 6) is 0. The second-order valence-corrected chi connectivity index (χ2v) is 6.61. The van der Waals surface area contributed by atoms with E-state index in [9.17, 15) is 0 Å². The van der Waals surface area contributed by atoms with E-state index in [1.54, 1.807) is 11.3 Å². The van der Waals surface area contributed by atoms with E-state index in [0.717, 1.165) is 17.0 Å². The molecule has 3 aromatic rings. The zero-order valence-corrected chi connectivity index (χ0v) is 12.8. The Hall–Kier alpha value is -1.35. The van der Waals surface area contributed by atoms with Gasteiger partial charge < -0.3 is 5.73 Å². The van der Waals surface area contributed by atoms with Gasteiger partial charge in [0.05, 0.1) is 0 Å². The number of halogens is 1. The van der Waals surface area contributed by atoms with Gasteiger partial charge in [0.25, 0.3) is 0 Å². The van der Waals surface area contributed by atoms with Gasteiger partial charge in [0.2, 0.25) is 0 Å². The number of hydrogen-bond donors (Lipinski definition) is 1. The lowest BCUT2D eigenvalue weighted by Gasteiger charge is -2.11. The molecule has 2 aromatic carbocycles. The number of aryl methyl sites for hydroxylation is 1.